The Morgan fingerprint density at radius 1 is 1.16 bits per heavy atom. The lowest BCUT2D eigenvalue weighted by Crippen LogP contribution is -2.17. The molecule has 0 radical (unpaired) electrons. The molecule has 1 heterocycles. The molecule has 1 N–H and O–H groups in total. The molecule has 0 aliphatic rings. The number of anilines is 1. The summed E-state index contributed by atoms with van der Waals surface area (Å²) >= 11 is 3.44. The van der Waals surface area contributed by atoms with E-state index in [0.717, 1.165) is 20.9 Å². The monoisotopic (exact) mass is 315 g/mol. The van der Waals surface area contributed by atoms with E-state index in [0.29, 0.717) is 0 Å². The summed E-state index contributed by atoms with van der Waals surface area (Å²) < 4.78 is 2.43. The van der Waals surface area contributed by atoms with Gasteiger partial charge in [0.05, 0.1) is 0 Å². The number of halogens is 1. The van der Waals surface area contributed by atoms with Gasteiger partial charge >= 0.3 is 6.03 Å². The molecule has 2 aromatic carbocycles. The zero-order valence-electron chi connectivity index (χ0n) is 9.88. The number of hydrogen-bond donors (Lipinski definition) is 1. The number of benzene rings is 2. The van der Waals surface area contributed by atoms with Crippen LogP contribution in [0, 0.1) is 0 Å². The number of amides is 1. The molecule has 0 aliphatic heterocycles. The number of aromatic nitrogens is 2. The molecular weight excluding hydrogens is 306 g/mol. The van der Waals surface area contributed by atoms with Crippen LogP contribution in [0.5, 0.6) is 0 Å². The topological polar surface area (TPSA) is 46.9 Å². The van der Waals surface area contributed by atoms with Crippen LogP contribution in [0.15, 0.2) is 59.6 Å². The van der Waals surface area contributed by atoms with Crippen molar-refractivity contribution in [2.75, 3.05) is 5.32 Å². The summed E-state index contributed by atoms with van der Waals surface area (Å²) in [6, 6.07) is 11.6. The molecule has 94 valence electrons. The van der Waals surface area contributed by atoms with Crippen LogP contribution in [-0.2, 0) is 0 Å². The molecule has 0 saturated carbocycles. The van der Waals surface area contributed by atoms with Gasteiger partial charge in [-0.1, -0.05) is 28.1 Å². The predicted molar refractivity (Wildman–Crippen MR) is 78.3 cm³/mol. The van der Waals surface area contributed by atoms with Crippen LogP contribution in [0.25, 0.3) is 10.8 Å². The third-order valence-electron chi connectivity index (χ3n) is 2.79. The molecule has 0 bridgehead atoms. The number of nitrogens with zero attached hydrogens (tertiary/aromatic N) is 2. The number of hydrogen-bond acceptors (Lipinski definition) is 2. The van der Waals surface area contributed by atoms with E-state index >= 15 is 0 Å². The standard InChI is InChI=1S/C14H10BrN3O/c15-12-3-1-11-8-13(4-2-10(11)7-12)17-14(19)18-6-5-16-9-18/h1-9H,(H,17,19). The second-order valence-corrected chi connectivity index (χ2v) is 5.02. The first kappa shape index (κ1) is 11.9. The Hall–Kier alpha value is -2.14. The smallest absolute Gasteiger partial charge is 0.307 e. The van der Waals surface area contributed by atoms with Gasteiger partial charge in [-0.3, -0.25) is 4.57 Å². The lowest BCUT2D eigenvalue weighted by atomic mass is 10.1. The van der Waals surface area contributed by atoms with E-state index in [4.69, 9.17) is 0 Å². The zero-order valence-corrected chi connectivity index (χ0v) is 11.5. The third kappa shape index (κ3) is 2.51. The molecule has 19 heavy (non-hydrogen) atoms. The Bertz CT molecular complexity index is 738. The van der Waals surface area contributed by atoms with Gasteiger partial charge in [0.15, 0.2) is 0 Å². The SMILES string of the molecule is O=C(Nc1ccc2cc(Br)ccc2c1)n1ccnc1. The van der Waals surface area contributed by atoms with Crippen LogP contribution in [0.4, 0.5) is 10.5 Å². The number of imidazole rings is 1. The van der Waals surface area contributed by atoms with Crippen LogP contribution in [0.3, 0.4) is 0 Å². The van der Waals surface area contributed by atoms with Crippen LogP contribution in [-0.4, -0.2) is 15.6 Å². The van der Waals surface area contributed by atoms with E-state index in [2.05, 4.69) is 26.2 Å². The predicted octanol–water partition coefficient (Wildman–Crippen LogP) is 3.88. The molecule has 0 fully saturated rings. The lowest BCUT2D eigenvalue weighted by Gasteiger charge is -2.07. The van der Waals surface area contributed by atoms with Crippen molar-refractivity contribution in [2.24, 2.45) is 0 Å². The summed E-state index contributed by atoms with van der Waals surface area (Å²) in [5.74, 6) is 0. The maximum atomic E-state index is 11.9. The minimum atomic E-state index is -0.228. The quantitative estimate of drug-likeness (QED) is 0.740. The first-order chi connectivity index (χ1) is 9.22. The highest BCUT2D eigenvalue weighted by Gasteiger charge is 2.04. The molecule has 0 saturated heterocycles. The highest BCUT2D eigenvalue weighted by molar-refractivity contribution is 9.10. The summed E-state index contributed by atoms with van der Waals surface area (Å²) in [7, 11) is 0. The molecule has 1 aromatic heterocycles. The molecule has 0 aliphatic carbocycles. The molecule has 3 aromatic rings. The molecule has 0 unspecified atom stereocenters. The normalized spacial score (nSPS) is 10.6. The van der Waals surface area contributed by atoms with E-state index in [1.807, 2.05) is 36.4 Å². The number of carbonyl (C=O) groups excluding carboxylic acids is 1. The number of rotatable bonds is 1. The fraction of sp³-hybridized carbons (Fsp3) is 0. The number of nitrogens with one attached hydrogen (secondary N) is 1. The average molecular weight is 316 g/mol. The van der Waals surface area contributed by atoms with Crippen molar-refractivity contribution in [1.82, 2.24) is 9.55 Å². The summed E-state index contributed by atoms with van der Waals surface area (Å²) in [5.41, 5.74) is 0.758. The van der Waals surface area contributed by atoms with E-state index in [1.54, 1.807) is 12.4 Å². The molecule has 1 amide bonds. The van der Waals surface area contributed by atoms with Gasteiger partial charge in [-0.2, -0.15) is 0 Å². The Morgan fingerprint density at radius 2 is 1.95 bits per heavy atom. The number of carbonyl (C=O) groups is 1. The van der Waals surface area contributed by atoms with E-state index in [-0.39, 0.29) is 6.03 Å². The number of fused-ring (bicyclic) bond motifs is 1. The second kappa shape index (κ2) is 4.85. The van der Waals surface area contributed by atoms with Crippen molar-refractivity contribution in [2.45, 2.75) is 0 Å². The first-order valence-corrected chi connectivity index (χ1v) is 6.50. The van der Waals surface area contributed by atoms with Crippen LogP contribution >= 0.6 is 15.9 Å². The van der Waals surface area contributed by atoms with Crippen molar-refractivity contribution in [3.8, 4) is 0 Å². The van der Waals surface area contributed by atoms with Crippen molar-refractivity contribution in [3.05, 3.63) is 59.6 Å². The second-order valence-electron chi connectivity index (χ2n) is 4.11. The van der Waals surface area contributed by atoms with Crippen LogP contribution in [0.1, 0.15) is 0 Å². The van der Waals surface area contributed by atoms with Crippen molar-refractivity contribution < 1.29 is 4.79 Å². The summed E-state index contributed by atoms with van der Waals surface area (Å²) in [6.45, 7) is 0. The molecular formula is C14H10BrN3O. The molecule has 0 spiro atoms. The molecule has 3 rings (SSSR count). The summed E-state index contributed by atoms with van der Waals surface area (Å²) in [5, 5.41) is 5.02. The minimum absolute atomic E-state index is 0.228. The Balaban J connectivity index is 1.89. The maximum absolute atomic E-state index is 11.9. The summed E-state index contributed by atoms with van der Waals surface area (Å²) in [6.07, 6.45) is 4.64. The third-order valence-corrected chi connectivity index (χ3v) is 3.29. The van der Waals surface area contributed by atoms with Crippen LogP contribution < -0.4 is 5.32 Å². The zero-order chi connectivity index (χ0) is 13.2. The molecule has 4 nitrogen and oxygen atoms in total. The van der Waals surface area contributed by atoms with Gasteiger partial charge in [0.1, 0.15) is 6.33 Å². The van der Waals surface area contributed by atoms with E-state index in [9.17, 15) is 4.79 Å². The molecule has 5 heteroatoms. The highest BCUT2D eigenvalue weighted by Crippen LogP contribution is 2.23. The van der Waals surface area contributed by atoms with Gasteiger partial charge in [0, 0.05) is 22.6 Å². The van der Waals surface area contributed by atoms with E-state index < -0.39 is 0 Å². The Labute approximate surface area is 118 Å². The van der Waals surface area contributed by atoms with Gasteiger partial charge in [-0.25, -0.2) is 9.78 Å². The van der Waals surface area contributed by atoms with Gasteiger partial charge in [0.2, 0.25) is 0 Å². The first-order valence-electron chi connectivity index (χ1n) is 5.71. The Kier molecular flexibility index (Phi) is 3.05. The van der Waals surface area contributed by atoms with Gasteiger partial charge in [-0.15, -0.1) is 0 Å². The fourth-order valence-corrected chi connectivity index (χ4v) is 2.24. The largest absolute Gasteiger partial charge is 0.331 e. The van der Waals surface area contributed by atoms with Crippen molar-refractivity contribution in [1.29, 1.82) is 0 Å². The van der Waals surface area contributed by atoms with Gasteiger partial charge in [-0.05, 0) is 35.0 Å². The van der Waals surface area contributed by atoms with Gasteiger partial charge in [0.25, 0.3) is 0 Å². The van der Waals surface area contributed by atoms with Crippen molar-refractivity contribution in [3.63, 3.8) is 0 Å². The minimum Gasteiger partial charge on any atom is -0.307 e. The molecule has 0 atom stereocenters. The lowest BCUT2D eigenvalue weighted by molar-refractivity contribution is 0.253. The van der Waals surface area contributed by atoms with E-state index in [1.165, 1.54) is 10.9 Å². The highest BCUT2D eigenvalue weighted by atomic mass is 79.9. The Morgan fingerprint density at radius 3 is 2.74 bits per heavy atom. The van der Waals surface area contributed by atoms with Crippen molar-refractivity contribution >= 4 is 38.4 Å². The maximum Gasteiger partial charge on any atom is 0.331 e. The summed E-state index contributed by atoms with van der Waals surface area (Å²) in [4.78, 5) is 15.7. The van der Waals surface area contributed by atoms with Gasteiger partial charge < -0.3 is 5.32 Å². The van der Waals surface area contributed by atoms with Crippen LogP contribution in [0.2, 0.25) is 0 Å². The average Bonchev–Trinajstić information content (AvgIpc) is 2.93. The fourth-order valence-electron chi connectivity index (χ4n) is 1.86.